The summed E-state index contributed by atoms with van der Waals surface area (Å²) in [5.74, 6) is 1.52. The highest BCUT2D eigenvalue weighted by Crippen LogP contribution is 2.28. The van der Waals surface area contributed by atoms with Crippen molar-refractivity contribution in [3.8, 4) is 11.5 Å². The quantitative estimate of drug-likeness (QED) is 0.843. The molecule has 1 heterocycles. The number of methoxy groups -OCH3 is 2. The van der Waals surface area contributed by atoms with Crippen molar-refractivity contribution in [3.05, 3.63) is 23.8 Å². The van der Waals surface area contributed by atoms with Crippen LogP contribution in [0, 0.1) is 5.92 Å². The van der Waals surface area contributed by atoms with E-state index in [0.717, 1.165) is 19.3 Å². The fourth-order valence-corrected chi connectivity index (χ4v) is 3.98. The summed E-state index contributed by atoms with van der Waals surface area (Å²) in [5, 5.41) is 0. The molecule has 1 aliphatic carbocycles. The molecule has 1 aromatic carbocycles. The van der Waals surface area contributed by atoms with Gasteiger partial charge in [0, 0.05) is 44.7 Å². The number of hydrogen-bond acceptors (Lipinski definition) is 5. The fourth-order valence-electron chi connectivity index (χ4n) is 3.98. The van der Waals surface area contributed by atoms with Crippen LogP contribution in [0.25, 0.3) is 0 Å². The van der Waals surface area contributed by atoms with Crippen LogP contribution in [0.1, 0.15) is 36.0 Å². The normalized spacial score (nSPS) is 22.6. The molecule has 7 nitrogen and oxygen atoms in total. The zero-order chi connectivity index (χ0) is 19.4. The minimum atomic E-state index is -0.0839. The van der Waals surface area contributed by atoms with Crippen LogP contribution in [-0.4, -0.2) is 68.1 Å². The van der Waals surface area contributed by atoms with Crippen molar-refractivity contribution in [1.29, 1.82) is 0 Å². The van der Waals surface area contributed by atoms with E-state index in [4.69, 9.17) is 15.2 Å². The molecule has 0 aromatic heterocycles. The van der Waals surface area contributed by atoms with E-state index in [0.29, 0.717) is 55.6 Å². The van der Waals surface area contributed by atoms with Crippen molar-refractivity contribution >= 4 is 11.8 Å². The van der Waals surface area contributed by atoms with Crippen LogP contribution in [0.2, 0.25) is 0 Å². The SMILES string of the molecule is COc1ccc(C(=O)N2CCN(C(=O)C[C@@H]3CCC[C@H]3N)CC2)c(OC)c1. The summed E-state index contributed by atoms with van der Waals surface area (Å²) < 4.78 is 10.5. The number of hydrogen-bond donors (Lipinski definition) is 1. The number of rotatable bonds is 5. The Morgan fingerprint density at radius 2 is 1.78 bits per heavy atom. The van der Waals surface area contributed by atoms with Crippen LogP contribution in [0.5, 0.6) is 11.5 Å². The minimum absolute atomic E-state index is 0.0839. The monoisotopic (exact) mass is 375 g/mol. The highest BCUT2D eigenvalue weighted by Gasteiger charge is 2.30. The molecule has 7 heteroatoms. The highest BCUT2D eigenvalue weighted by molar-refractivity contribution is 5.97. The molecule has 2 N–H and O–H groups in total. The number of carbonyl (C=O) groups is 2. The van der Waals surface area contributed by atoms with Gasteiger partial charge in [-0.1, -0.05) is 6.42 Å². The largest absolute Gasteiger partial charge is 0.497 e. The Morgan fingerprint density at radius 3 is 2.37 bits per heavy atom. The summed E-state index contributed by atoms with van der Waals surface area (Å²) in [4.78, 5) is 29.0. The van der Waals surface area contributed by atoms with Crippen LogP contribution >= 0.6 is 0 Å². The van der Waals surface area contributed by atoms with Gasteiger partial charge in [0.1, 0.15) is 11.5 Å². The number of nitrogens with zero attached hydrogens (tertiary/aromatic N) is 2. The molecule has 0 bridgehead atoms. The number of piperazine rings is 1. The lowest BCUT2D eigenvalue weighted by molar-refractivity contribution is -0.133. The maximum atomic E-state index is 12.9. The first-order valence-corrected chi connectivity index (χ1v) is 9.58. The standard InChI is InChI=1S/C20H29N3O4/c1-26-15-6-7-16(18(13-15)27-2)20(25)23-10-8-22(9-11-23)19(24)12-14-4-3-5-17(14)21/h6-7,13-14,17H,3-5,8-12,21H2,1-2H3/t14-,17+/m0/s1. The number of carbonyl (C=O) groups excluding carboxylic acids is 2. The lowest BCUT2D eigenvalue weighted by Gasteiger charge is -2.35. The highest BCUT2D eigenvalue weighted by atomic mass is 16.5. The van der Waals surface area contributed by atoms with Gasteiger partial charge in [-0.3, -0.25) is 9.59 Å². The van der Waals surface area contributed by atoms with Gasteiger partial charge in [-0.05, 0) is 30.9 Å². The molecule has 1 aliphatic heterocycles. The molecule has 2 atom stereocenters. The average molecular weight is 375 g/mol. The first-order valence-electron chi connectivity index (χ1n) is 9.58. The number of nitrogens with two attached hydrogens (primary N) is 1. The Bertz CT molecular complexity index is 686. The third kappa shape index (κ3) is 4.35. The maximum absolute atomic E-state index is 12.9. The topological polar surface area (TPSA) is 85.1 Å². The van der Waals surface area contributed by atoms with Crippen molar-refractivity contribution in [2.24, 2.45) is 11.7 Å². The van der Waals surface area contributed by atoms with E-state index in [1.807, 2.05) is 4.90 Å². The lowest BCUT2D eigenvalue weighted by Crippen LogP contribution is -2.51. The second-order valence-corrected chi connectivity index (χ2v) is 7.30. The second kappa shape index (κ2) is 8.61. The Kier molecular flexibility index (Phi) is 6.21. The molecule has 2 aliphatic rings. The van der Waals surface area contributed by atoms with Crippen LogP contribution in [0.15, 0.2) is 18.2 Å². The molecule has 0 spiro atoms. The van der Waals surface area contributed by atoms with Crippen LogP contribution in [0.4, 0.5) is 0 Å². The number of amides is 2. The molecule has 27 heavy (non-hydrogen) atoms. The predicted molar refractivity (Wildman–Crippen MR) is 102 cm³/mol. The van der Waals surface area contributed by atoms with Crippen LogP contribution in [0.3, 0.4) is 0 Å². The van der Waals surface area contributed by atoms with Gasteiger partial charge in [0.25, 0.3) is 5.91 Å². The van der Waals surface area contributed by atoms with Gasteiger partial charge in [-0.25, -0.2) is 0 Å². The second-order valence-electron chi connectivity index (χ2n) is 7.30. The van der Waals surface area contributed by atoms with Gasteiger partial charge < -0.3 is 25.0 Å². The molecule has 148 valence electrons. The Labute approximate surface area is 160 Å². The van der Waals surface area contributed by atoms with E-state index in [1.165, 1.54) is 7.11 Å². The molecule has 2 fully saturated rings. The summed E-state index contributed by atoms with van der Waals surface area (Å²) >= 11 is 0. The molecule has 1 saturated carbocycles. The third-order valence-electron chi connectivity index (χ3n) is 5.71. The predicted octanol–water partition coefficient (Wildman–Crippen LogP) is 1.51. The molecule has 0 radical (unpaired) electrons. The van der Waals surface area contributed by atoms with Crippen molar-refractivity contribution in [2.75, 3.05) is 40.4 Å². The molecule has 3 rings (SSSR count). The van der Waals surface area contributed by atoms with E-state index in [1.54, 1.807) is 30.2 Å². The fraction of sp³-hybridized carbons (Fsp3) is 0.600. The van der Waals surface area contributed by atoms with E-state index in [9.17, 15) is 9.59 Å². The van der Waals surface area contributed by atoms with E-state index < -0.39 is 0 Å². The molecule has 0 unspecified atom stereocenters. The lowest BCUT2D eigenvalue weighted by atomic mass is 9.99. The first kappa shape index (κ1) is 19.5. The Hall–Kier alpha value is -2.28. The maximum Gasteiger partial charge on any atom is 0.257 e. The summed E-state index contributed by atoms with van der Waals surface area (Å²) in [6.07, 6.45) is 3.71. The Morgan fingerprint density at radius 1 is 1.07 bits per heavy atom. The van der Waals surface area contributed by atoms with Crippen LogP contribution in [-0.2, 0) is 4.79 Å². The van der Waals surface area contributed by atoms with Gasteiger partial charge in [-0.15, -0.1) is 0 Å². The first-order chi connectivity index (χ1) is 13.0. The van der Waals surface area contributed by atoms with E-state index in [-0.39, 0.29) is 17.9 Å². The summed E-state index contributed by atoms with van der Waals surface area (Å²) in [5.41, 5.74) is 6.60. The minimum Gasteiger partial charge on any atom is -0.497 e. The molecule has 1 saturated heterocycles. The van der Waals surface area contributed by atoms with Gasteiger partial charge in [-0.2, -0.15) is 0 Å². The molecule has 2 amide bonds. The number of ether oxygens (including phenoxy) is 2. The van der Waals surface area contributed by atoms with E-state index >= 15 is 0 Å². The zero-order valence-corrected chi connectivity index (χ0v) is 16.1. The third-order valence-corrected chi connectivity index (χ3v) is 5.71. The summed E-state index contributed by atoms with van der Waals surface area (Å²) in [6, 6.07) is 5.33. The van der Waals surface area contributed by atoms with Gasteiger partial charge >= 0.3 is 0 Å². The van der Waals surface area contributed by atoms with Crippen molar-refractivity contribution in [3.63, 3.8) is 0 Å². The Balaban J connectivity index is 1.57. The molecule has 1 aromatic rings. The van der Waals surface area contributed by atoms with Gasteiger partial charge in [0.05, 0.1) is 19.8 Å². The van der Waals surface area contributed by atoms with Gasteiger partial charge in [0.2, 0.25) is 5.91 Å². The van der Waals surface area contributed by atoms with Crippen LogP contribution < -0.4 is 15.2 Å². The number of benzene rings is 1. The summed E-state index contributed by atoms with van der Waals surface area (Å²) in [7, 11) is 3.11. The molecular weight excluding hydrogens is 346 g/mol. The molecular formula is C20H29N3O4. The average Bonchev–Trinajstić information content (AvgIpc) is 3.11. The smallest absolute Gasteiger partial charge is 0.257 e. The van der Waals surface area contributed by atoms with E-state index in [2.05, 4.69) is 0 Å². The van der Waals surface area contributed by atoms with Crippen molar-refractivity contribution < 1.29 is 19.1 Å². The zero-order valence-electron chi connectivity index (χ0n) is 16.1. The van der Waals surface area contributed by atoms with Crippen molar-refractivity contribution in [2.45, 2.75) is 31.7 Å². The van der Waals surface area contributed by atoms with Gasteiger partial charge in [0.15, 0.2) is 0 Å². The van der Waals surface area contributed by atoms with Crippen molar-refractivity contribution in [1.82, 2.24) is 9.80 Å². The summed E-state index contributed by atoms with van der Waals surface area (Å²) in [6.45, 7) is 2.17.